The molecule has 0 saturated carbocycles. The van der Waals surface area contributed by atoms with Gasteiger partial charge in [-0.1, -0.05) is 46.0 Å². The maximum atomic E-state index is 10.8. The second-order valence-corrected chi connectivity index (χ2v) is 3.67. The van der Waals surface area contributed by atoms with Crippen LogP contribution in [0.15, 0.2) is 0 Å². The molecule has 0 amide bonds. The van der Waals surface area contributed by atoms with Crippen molar-refractivity contribution < 1.29 is 9.90 Å². The first-order valence-electron chi connectivity index (χ1n) is 5.45. The van der Waals surface area contributed by atoms with Crippen LogP contribution in [0, 0.1) is 5.92 Å². The van der Waals surface area contributed by atoms with Gasteiger partial charge in [0.1, 0.15) is 0 Å². The summed E-state index contributed by atoms with van der Waals surface area (Å²) in [4.78, 5) is 10.8. The van der Waals surface area contributed by atoms with E-state index in [2.05, 4.69) is 6.92 Å². The molecule has 0 spiro atoms. The molecular formula is C11H23LiO2. The van der Waals surface area contributed by atoms with Crippen molar-refractivity contribution in [2.45, 2.75) is 58.8 Å². The first kappa shape index (κ1) is 16.5. The predicted octanol–water partition coefficient (Wildman–Crippen LogP) is 2.81. The van der Waals surface area contributed by atoms with Crippen LogP contribution < -0.4 is 0 Å². The van der Waals surface area contributed by atoms with Crippen LogP contribution >= 0.6 is 0 Å². The molecule has 0 radical (unpaired) electrons. The van der Waals surface area contributed by atoms with Crippen LogP contribution in [-0.4, -0.2) is 29.9 Å². The first-order chi connectivity index (χ1) is 6.22. The molecule has 0 heterocycles. The zero-order chi connectivity index (χ0) is 10.1. The summed E-state index contributed by atoms with van der Waals surface area (Å²) in [5.74, 6) is -0.708. The fraction of sp³-hybridized carbons (Fsp3) is 0.909. The van der Waals surface area contributed by atoms with Gasteiger partial charge in [0.25, 0.3) is 0 Å². The van der Waals surface area contributed by atoms with Crippen LogP contribution in [0.1, 0.15) is 58.8 Å². The second-order valence-electron chi connectivity index (χ2n) is 3.67. The average molecular weight is 194 g/mol. The Morgan fingerprint density at radius 1 is 1.07 bits per heavy atom. The third-order valence-corrected chi connectivity index (χ3v) is 2.39. The van der Waals surface area contributed by atoms with Crippen molar-refractivity contribution in [1.82, 2.24) is 0 Å². The molecule has 3 heteroatoms. The van der Waals surface area contributed by atoms with Gasteiger partial charge in [-0.3, -0.25) is 4.79 Å². The summed E-state index contributed by atoms with van der Waals surface area (Å²) < 4.78 is 0. The standard InChI is InChI=1S/C11H22O2.Li.H/c1-3-5-6-7-9-10(8-4-2)11(12)13;;/h10H,3-9H2,1-2H3,(H,12,13);;/t10-;;/m1../s1. The van der Waals surface area contributed by atoms with Crippen molar-refractivity contribution >= 4 is 24.8 Å². The first-order valence-corrected chi connectivity index (χ1v) is 5.45. The zero-order valence-corrected chi connectivity index (χ0v) is 8.88. The Hall–Kier alpha value is 0.0674. The number of carboxylic acid groups (broad SMARTS) is 1. The number of carboxylic acids is 1. The molecule has 1 atom stereocenters. The summed E-state index contributed by atoms with van der Waals surface area (Å²) in [7, 11) is 0. The zero-order valence-electron chi connectivity index (χ0n) is 8.88. The predicted molar refractivity (Wildman–Crippen MR) is 61.9 cm³/mol. The van der Waals surface area contributed by atoms with Gasteiger partial charge in [-0.25, -0.2) is 0 Å². The molecule has 80 valence electrons. The van der Waals surface area contributed by atoms with Crippen LogP contribution in [-0.2, 0) is 4.79 Å². The van der Waals surface area contributed by atoms with Crippen molar-refractivity contribution in [3.8, 4) is 0 Å². The van der Waals surface area contributed by atoms with Crippen LogP contribution in [0.4, 0.5) is 0 Å². The average Bonchev–Trinajstić information content (AvgIpc) is 2.10. The Labute approximate surface area is 99.6 Å². The Morgan fingerprint density at radius 2 is 1.71 bits per heavy atom. The van der Waals surface area contributed by atoms with Gasteiger partial charge in [0, 0.05) is 0 Å². The van der Waals surface area contributed by atoms with Crippen molar-refractivity contribution in [3.05, 3.63) is 0 Å². The number of hydrogen-bond acceptors (Lipinski definition) is 1. The van der Waals surface area contributed by atoms with Gasteiger partial charge in [-0.15, -0.1) is 0 Å². The van der Waals surface area contributed by atoms with Crippen molar-refractivity contribution in [1.29, 1.82) is 0 Å². The molecule has 0 aliphatic heterocycles. The molecule has 2 nitrogen and oxygen atoms in total. The number of aliphatic carboxylic acids is 1. The van der Waals surface area contributed by atoms with Gasteiger partial charge in [0.2, 0.25) is 0 Å². The molecule has 0 fully saturated rings. The van der Waals surface area contributed by atoms with Crippen molar-refractivity contribution in [2.75, 3.05) is 0 Å². The van der Waals surface area contributed by atoms with Gasteiger partial charge >= 0.3 is 24.8 Å². The molecule has 1 N–H and O–H groups in total. The van der Waals surface area contributed by atoms with Crippen LogP contribution in [0.5, 0.6) is 0 Å². The van der Waals surface area contributed by atoms with E-state index >= 15 is 0 Å². The fourth-order valence-electron chi connectivity index (χ4n) is 1.56. The molecule has 0 aromatic rings. The summed E-state index contributed by atoms with van der Waals surface area (Å²) in [6.07, 6.45) is 7.38. The van der Waals surface area contributed by atoms with Crippen LogP contribution in [0.25, 0.3) is 0 Å². The monoisotopic (exact) mass is 194 g/mol. The molecule has 14 heavy (non-hydrogen) atoms. The van der Waals surface area contributed by atoms with Gasteiger partial charge in [0.15, 0.2) is 0 Å². The van der Waals surface area contributed by atoms with Crippen molar-refractivity contribution in [3.63, 3.8) is 0 Å². The molecule has 0 rings (SSSR count). The van der Waals surface area contributed by atoms with Gasteiger partial charge < -0.3 is 5.11 Å². The normalized spacial score (nSPS) is 11.9. The Bertz CT molecular complexity index is 137. The van der Waals surface area contributed by atoms with E-state index in [4.69, 9.17) is 5.11 Å². The van der Waals surface area contributed by atoms with E-state index in [-0.39, 0.29) is 24.8 Å². The summed E-state index contributed by atoms with van der Waals surface area (Å²) in [6, 6.07) is 0. The summed E-state index contributed by atoms with van der Waals surface area (Å²) in [5.41, 5.74) is 0. The van der Waals surface area contributed by atoms with E-state index in [1.54, 1.807) is 0 Å². The second kappa shape index (κ2) is 11.1. The van der Waals surface area contributed by atoms with Crippen LogP contribution in [0.3, 0.4) is 0 Å². The van der Waals surface area contributed by atoms with Gasteiger partial charge in [0.05, 0.1) is 5.92 Å². The molecule has 0 aromatic carbocycles. The minimum absolute atomic E-state index is 0. The molecule has 0 saturated heterocycles. The van der Waals surface area contributed by atoms with Crippen LogP contribution in [0.2, 0.25) is 0 Å². The summed E-state index contributed by atoms with van der Waals surface area (Å²) in [5, 5.41) is 8.86. The van der Waals surface area contributed by atoms with Crippen molar-refractivity contribution in [2.24, 2.45) is 5.92 Å². The van der Waals surface area contributed by atoms with E-state index < -0.39 is 5.97 Å². The van der Waals surface area contributed by atoms with E-state index in [0.29, 0.717) is 0 Å². The Morgan fingerprint density at radius 3 is 2.14 bits per heavy atom. The molecule has 0 unspecified atom stereocenters. The molecule has 0 aromatic heterocycles. The quantitative estimate of drug-likeness (QED) is 0.476. The Kier molecular flexibility index (Phi) is 13.1. The number of unbranched alkanes of at least 4 members (excludes halogenated alkanes) is 3. The molecular weight excluding hydrogens is 171 g/mol. The van der Waals surface area contributed by atoms with E-state index in [1.807, 2.05) is 6.92 Å². The third kappa shape index (κ3) is 8.66. The number of hydrogen-bond donors (Lipinski definition) is 1. The van der Waals surface area contributed by atoms with E-state index in [1.165, 1.54) is 19.3 Å². The summed E-state index contributed by atoms with van der Waals surface area (Å²) in [6.45, 7) is 4.21. The fourth-order valence-corrected chi connectivity index (χ4v) is 1.56. The van der Waals surface area contributed by atoms with Gasteiger partial charge in [-0.2, -0.15) is 0 Å². The third-order valence-electron chi connectivity index (χ3n) is 2.39. The minimum atomic E-state index is -0.613. The molecule has 0 aliphatic rings. The number of carbonyl (C=O) groups is 1. The molecule has 0 aliphatic carbocycles. The molecule has 0 bridgehead atoms. The SMILES string of the molecule is CCCCCC[C@@H](CCC)C(=O)O.[LiH]. The number of rotatable bonds is 8. The summed E-state index contributed by atoms with van der Waals surface area (Å²) >= 11 is 0. The van der Waals surface area contributed by atoms with E-state index in [9.17, 15) is 4.79 Å². The van der Waals surface area contributed by atoms with Gasteiger partial charge in [-0.05, 0) is 12.8 Å². The topological polar surface area (TPSA) is 37.3 Å². The van der Waals surface area contributed by atoms with E-state index in [0.717, 1.165) is 25.7 Å². The Balaban J connectivity index is 0. The maximum absolute atomic E-state index is 10.8.